The molecule has 16 heavy (non-hydrogen) atoms. The Morgan fingerprint density at radius 1 is 1.38 bits per heavy atom. The Bertz CT molecular complexity index is 265. The van der Waals surface area contributed by atoms with Gasteiger partial charge in [-0.1, -0.05) is 6.58 Å². The molecule has 0 spiro atoms. The standard InChI is InChI=1S/C11H21N3O2/c1-9(14-7-5-12-6-8-14)13-10(15)16-11(2,3)4/h12H,1,5-8H2,2-4H3,(H,13,15). The maximum absolute atomic E-state index is 11.5. The number of nitrogens with one attached hydrogen (secondary N) is 2. The van der Waals surface area contributed by atoms with Crippen LogP contribution in [0.1, 0.15) is 20.8 Å². The summed E-state index contributed by atoms with van der Waals surface area (Å²) in [5.74, 6) is 0.607. The number of alkyl carbamates (subject to hydrolysis) is 1. The van der Waals surface area contributed by atoms with E-state index >= 15 is 0 Å². The molecule has 5 heteroatoms. The Morgan fingerprint density at radius 3 is 2.44 bits per heavy atom. The van der Waals surface area contributed by atoms with Crippen LogP contribution in [-0.4, -0.2) is 42.8 Å². The minimum atomic E-state index is -0.478. The van der Waals surface area contributed by atoms with E-state index in [4.69, 9.17) is 4.74 Å². The lowest BCUT2D eigenvalue weighted by Gasteiger charge is -2.31. The van der Waals surface area contributed by atoms with Gasteiger partial charge in [-0.05, 0) is 20.8 Å². The molecule has 2 N–H and O–H groups in total. The smallest absolute Gasteiger partial charge is 0.413 e. The quantitative estimate of drug-likeness (QED) is 0.735. The van der Waals surface area contributed by atoms with Crippen molar-refractivity contribution >= 4 is 6.09 Å². The number of hydrogen-bond acceptors (Lipinski definition) is 4. The van der Waals surface area contributed by atoms with Crippen LogP contribution in [-0.2, 0) is 4.74 Å². The van der Waals surface area contributed by atoms with Crippen molar-refractivity contribution in [2.75, 3.05) is 26.2 Å². The summed E-state index contributed by atoms with van der Waals surface area (Å²) in [6, 6.07) is 0. The van der Waals surface area contributed by atoms with Crippen LogP contribution in [0.5, 0.6) is 0 Å². The highest BCUT2D eigenvalue weighted by Gasteiger charge is 2.18. The monoisotopic (exact) mass is 227 g/mol. The molecule has 0 aromatic carbocycles. The summed E-state index contributed by atoms with van der Waals surface area (Å²) in [7, 11) is 0. The minimum Gasteiger partial charge on any atom is -0.444 e. The normalized spacial score (nSPS) is 16.8. The minimum absolute atomic E-state index is 0.448. The van der Waals surface area contributed by atoms with E-state index in [2.05, 4.69) is 17.2 Å². The first-order valence-electron chi connectivity index (χ1n) is 5.53. The van der Waals surface area contributed by atoms with Gasteiger partial charge in [0.15, 0.2) is 0 Å². The van der Waals surface area contributed by atoms with Crippen LogP contribution in [0, 0.1) is 0 Å². The third kappa shape index (κ3) is 4.53. The predicted octanol–water partition coefficient (Wildman–Crippen LogP) is 0.887. The van der Waals surface area contributed by atoms with Gasteiger partial charge in [0, 0.05) is 26.2 Å². The molecule has 0 saturated carbocycles. The lowest BCUT2D eigenvalue weighted by atomic mass is 10.2. The fraction of sp³-hybridized carbons (Fsp3) is 0.727. The van der Waals surface area contributed by atoms with E-state index in [0.29, 0.717) is 5.82 Å². The summed E-state index contributed by atoms with van der Waals surface area (Å²) in [5, 5.41) is 5.88. The SMILES string of the molecule is C=C(NC(=O)OC(C)(C)C)N1CCNCC1. The van der Waals surface area contributed by atoms with Crippen LogP contribution in [0.3, 0.4) is 0 Å². The van der Waals surface area contributed by atoms with Crippen molar-refractivity contribution in [3.05, 3.63) is 12.4 Å². The zero-order chi connectivity index (χ0) is 12.2. The lowest BCUT2D eigenvalue weighted by Crippen LogP contribution is -2.47. The molecular formula is C11H21N3O2. The van der Waals surface area contributed by atoms with E-state index in [0.717, 1.165) is 26.2 Å². The van der Waals surface area contributed by atoms with E-state index in [1.807, 2.05) is 25.7 Å². The number of nitrogens with zero attached hydrogens (tertiary/aromatic N) is 1. The molecule has 1 amide bonds. The summed E-state index contributed by atoms with van der Waals surface area (Å²) in [6.45, 7) is 12.9. The summed E-state index contributed by atoms with van der Waals surface area (Å²) >= 11 is 0. The largest absolute Gasteiger partial charge is 0.444 e. The molecular weight excluding hydrogens is 206 g/mol. The number of rotatable bonds is 2. The molecule has 0 unspecified atom stereocenters. The number of piperazine rings is 1. The Labute approximate surface area is 96.8 Å². The summed E-state index contributed by atoms with van der Waals surface area (Å²) in [5.41, 5.74) is -0.478. The Balaban J connectivity index is 2.35. The maximum atomic E-state index is 11.5. The van der Waals surface area contributed by atoms with Crippen molar-refractivity contribution in [3.63, 3.8) is 0 Å². The van der Waals surface area contributed by atoms with Crippen molar-refractivity contribution in [1.82, 2.24) is 15.5 Å². The first-order chi connectivity index (χ1) is 7.38. The van der Waals surface area contributed by atoms with Gasteiger partial charge in [0.1, 0.15) is 11.4 Å². The lowest BCUT2D eigenvalue weighted by molar-refractivity contribution is 0.0525. The van der Waals surface area contributed by atoms with Gasteiger partial charge >= 0.3 is 6.09 Å². The molecule has 0 atom stereocenters. The molecule has 0 radical (unpaired) electrons. The van der Waals surface area contributed by atoms with Crippen molar-refractivity contribution < 1.29 is 9.53 Å². The molecule has 1 heterocycles. The number of carbonyl (C=O) groups is 1. The summed E-state index contributed by atoms with van der Waals surface area (Å²) < 4.78 is 5.15. The first-order valence-corrected chi connectivity index (χ1v) is 5.53. The first kappa shape index (κ1) is 12.8. The van der Waals surface area contributed by atoms with Crippen LogP contribution < -0.4 is 10.6 Å². The third-order valence-electron chi connectivity index (χ3n) is 2.14. The Hall–Kier alpha value is -1.23. The fourth-order valence-electron chi connectivity index (χ4n) is 1.44. The zero-order valence-corrected chi connectivity index (χ0v) is 10.3. The van der Waals surface area contributed by atoms with Crippen molar-refractivity contribution in [3.8, 4) is 0 Å². The second-order valence-electron chi connectivity index (χ2n) is 4.81. The second-order valence-corrected chi connectivity index (χ2v) is 4.81. The van der Waals surface area contributed by atoms with E-state index in [1.54, 1.807) is 0 Å². The van der Waals surface area contributed by atoms with Gasteiger partial charge < -0.3 is 15.0 Å². The van der Waals surface area contributed by atoms with Gasteiger partial charge in [-0.25, -0.2) is 4.79 Å². The molecule has 1 fully saturated rings. The van der Waals surface area contributed by atoms with Crippen LogP contribution >= 0.6 is 0 Å². The second kappa shape index (κ2) is 5.21. The number of carbonyl (C=O) groups excluding carboxylic acids is 1. The van der Waals surface area contributed by atoms with E-state index in [9.17, 15) is 4.79 Å². The van der Waals surface area contributed by atoms with Gasteiger partial charge in [0.2, 0.25) is 0 Å². The third-order valence-corrected chi connectivity index (χ3v) is 2.14. The van der Waals surface area contributed by atoms with E-state index < -0.39 is 11.7 Å². The number of amides is 1. The highest BCUT2D eigenvalue weighted by molar-refractivity contribution is 5.69. The topological polar surface area (TPSA) is 53.6 Å². The van der Waals surface area contributed by atoms with E-state index in [-0.39, 0.29) is 0 Å². The molecule has 1 rings (SSSR count). The number of hydrogen-bond donors (Lipinski definition) is 2. The molecule has 0 aromatic heterocycles. The highest BCUT2D eigenvalue weighted by Crippen LogP contribution is 2.08. The molecule has 1 saturated heterocycles. The van der Waals surface area contributed by atoms with Crippen LogP contribution in [0.4, 0.5) is 4.79 Å². The van der Waals surface area contributed by atoms with Gasteiger partial charge in [0.25, 0.3) is 0 Å². The van der Waals surface area contributed by atoms with Gasteiger partial charge in [-0.3, -0.25) is 5.32 Å². The summed E-state index contributed by atoms with van der Waals surface area (Å²) in [4.78, 5) is 13.5. The maximum Gasteiger partial charge on any atom is 0.413 e. The molecule has 0 bridgehead atoms. The van der Waals surface area contributed by atoms with Crippen molar-refractivity contribution in [2.24, 2.45) is 0 Å². The molecule has 1 aliphatic heterocycles. The van der Waals surface area contributed by atoms with Gasteiger partial charge in [0.05, 0.1) is 0 Å². The summed E-state index contributed by atoms with van der Waals surface area (Å²) in [6.07, 6.45) is -0.448. The molecule has 92 valence electrons. The van der Waals surface area contributed by atoms with Gasteiger partial charge in [-0.15, -0.1) is 0 Å². The van der Waals surface area contributed by atoms with Crippen LogP contribution in [0.2, 0.25) is 0 Å². The van der Waals surface area contributed by atoms with Crippen LogP contribution in [0.15, 0.2) is 12.4 Å². The highest BCUT2D eigenvalue weighted by atomic mass is 16.6. The van der Waals surface area contributed by atoms with Crippen molar-refractivity contribution in [1.29, 1.82) is 0 Å². The zero-order valence-electron chi connectivity index (χ0n) is 10.3. The molecule has 1 aliphatic rings. The molecule has 0 aliphatic carbocycles. The predicted molar refractivity (Wildman–Crippen MR) is 63.0 cm³/mol. The van der Waals surface area contributed by atoms with Crippen molar-refractivity contribution in [2.45, 2.75) is 26.4 Å². The van der Waals surface area contributed by atoms with Crippen LogP contribution in [0.25, 0.3) is 0 Å². The fourth-order valence-corrected chi connectivity index (χ4v) is 1.44. The molecule has 5 nitrogen and oxygen atoms in total. The molecule has 0 aromatic rings. The Kier molecular flexibility index (Phi) is 4.18. The number of ether oxygens (including phenoxy) is 1. The van der Waals surface area contributed by atoms with Gasteiger partial charge in [-0.2, -0.15) is 0 Å². The average Bonchev–Trinajstić information content (AvgIpc) is 2.16. The van der Waals surface area contributed by atoms with E-state index in [1.165, 1.54) is 0 Å². The Morgan fingerprint density at radius 2 is 1.94 bits per heavy atom. The average molecular weight is 227 g/mol.